The van der Waals surface area contributed by atoms with Crippen LogP contribution in [0.25, 0.3) is 5.57 Å². The van der Waals surface area contributed by atoms with Crippen LogP contribution in [0.2, 0.25) is 0 Å². The quantitative estimate of drug-likeness (QED) is 0.572. The van der Waals surface area contributed by atoms with E-state index in [0.29, 0.717) is 0 Å². The molecule has 72 valence electrons. The minimum absolute atomic E-state index is 1.21. The Labute approximate surface area is 81.1 Å². The lowest BCUT2D eigenvalue weighted by Crippen LogP contribution is -2.00. The van der Waals surface area contributed by atoms with E-state index in [4.69, 9.17) is 0 Å². The molecule has 0 fully saturated rings. The van der Waals surface area contributed by atoms with Gasteiger partial charge in [0.1, 0.15) is 0 Å². The third-order valence-electron chi connectivity index (χ3n) is 2.39. The SMILES string of the molecule is CC.CC1=CCCc2ccn(C)c21. The van der Waals surface area contributed by atoms with Gasteiger partial charge >= 0.3 is 0 Å². The molecule has 0 saturated heterocycles. The Balaban J connectivity index is 0.000000396. The van der Waals surface area contributed by atoms with Gasteiger partial charge in [-0.05, 0) is 37.0 Å². The number of aryl methyl sites for hydroxylation is 2. The molecular formula is C12H19N. The van der Waals surface area contributed by atoms with Crippen molar-refractivity contribution in [1.82, 2.24) is 4.57 Å². The van der Waals surface area contributed by atoms with Crippen LogP contribution in [0.15, 0.2) is 18.3 Å². The highest BCUT2D eigenvalue weighted by Crippen LogP contribution is 2.25. The molecule has 0 atom stereocenters. The average Bonchev–Trinajstić information content (AvgIpc) is 2.53. The van der Waals surface area contributed by atoms with Gasteiger partial charge in [-0.25, -0.2) is 0 Å². The number of nitrogens with zero attached hydrogens (tertiary/aromatic N) is 1. The maximum atomic E-state index is 2.32. The van der Waals surface area contributed by atoms with E-state index in [1.165, 1.54) is 29.7 Å². The van der Waals surface area contributed by atoms with Crippen LogP contribution in [0.4, 0.5) is 0 Å². The highest BCUT2D eigenvalue weighted by atomic mass is 14.9. The largest absolute Gasteiger partial charge is 0.351 e. The van der Waals surface area contributed by atoms with Crippen molar-refractivity contribution < 1.29 is 0 Å². The zero-order chi connectivity index (χ0) is 9.84. The van der Waals surface area contributed by atoms with Crippen LogP contribution in [0.3, 0.4) is 0 Å². The Kier molecular flexibility index (Phi) is 3.35. The first-order chi connectivity index (χ1) is 6.29. The Hall–Kier alpha value is -0.980. The summed E-state index contributed by atoms with van der Waals surface area (Å²) in [6, 6.07) is 2.23. The fraction of sp³-hybridized carbons (Fsp3) is 0.500. The zero-order valence-corrected chi connectivity index (χ0v) is 9.09. The first kappa shape index (κ1) is 10.1. The maximum Gasteiger partial charge on any atom is 0.0463 e. The summed E-state index contributed by atoms with van der Waals surface area (Å²) in [5, 5.41) is 0. The standard InChI is InChI=1S/C10H13N.C2H6/c1-8-4-3-5-9-6-7-11(2)10(8)9;1-2/h4,6-7H,3,5H2,1-2H3;1-2H3. The van der Waals surface area contributed by atoms with E-state index in [9.17, 15) is 0 Å². The van der Waals surface area contributed by atoms with Gasteiger partial charge in [-0.2, -0.15) is 0 Å². The molecule has 1 aliphatic rings. The number of allylic oxidation sites excluding steroid dienone is 2. The molecule has 1 aliphatic carbocycles. The van der Waals surface area contributed by atoms with E-state index in [1.54, 1.807) is 0 Å². The lowest BCUT2D eigenvalue weighted by Gasteiger charge is -2.12. The summed E-state index contributed by atoms with van der Waals surface area (Å²) < 4.78 is 2.21. The Morgan fingerprint density at radius 3 is 2.62 bits per heavy atom. The lowest BCUT2D eigenvalue weighted by atomic mass is 9.99. The van der Waals surface area contributed by atoms with Crippen LogP contribution in [0.1, 0.15) is 38.4 Å². The third-order valence-corrected chi connectivity index (χ3v) is 2.39. The van der Waals surface area contributed by atoms with Gasteiger partial charge in [0, 0.05) is 18.9 Å². The summed E-state index contributed by atoms with van der Waals surface area (Å²) in [6.07, 6.45) is 6.89. The number of fused-ring (bicyclic) bond motifs is 1. The van der Waals surface area contributed by atoms with Crippen LogP contribution in [-0.4, -0.2) is 4.57 Å². The van der Waals surface area contributed by atoms with E-state index in [2.05, 4.69) is 36.9 Å². The van der Waals surface area contributed by atoms with Crippen LogP contribution >= 0.6 is 0 Å². The van der Waals surface area contributed by atoms with Crippen LogP contribution in [0.5, 0.6) is 0 Å². The topological polar surface area (TPSA) is 4.93 Å². The molecule has 1 aromatic heterocycles. The molecule has 0 spiro atoms. The second kappa shape index (κ2) is 4.31. The van der Waals surface area contributed by atoms with Crippen LogP contribution < -0.4 is 0 Å². The number of aromatic nitrogens is 1. The monoisotopic (exact) mass is 177 g/mol. The van der Waals surface area contributed by atoms with Crippen LogP contribution in [-0.2, 0) is 13.5 Å². The van der Waals surface area contributed by atoms with Gasteiger partial charge < -0.3 is 4.57 Å². The zero-order valence-electron chi connectivity index (χ0n) is 9.09. The fourth-order valence-electron chi connectivity index (χ4n) is 1.86. The summed E-state index contributed by atoms with van der Waals surface area (Å²) >= 11 is 0. The Morgan fingerprint density at radius 2 is 2.00 bits per heavy atom. The van der Waals surface area contributed by atoms with Crippen molar-refractivity contribution in [3.8, 4) is 0 Å². The van der Waals surface area contributed by atoms with E-state index in [-0.39, 0.29) is 0 Å². The van der Waals surface area contributed by atoms with E-state index in [0.717, 1.165) is 0 Å². The predicted molar refractivity (Wildman–Crippen MR) is 58.7 cm³/mol. The van der Waals surface area contributed by atoms with Gasteiger partial charge in [0.2, 0.25) is 0 Å². The molecule has 0 N–H and O–H groups in total. The molecule has 1 heteroatoms. The predicted octanol–water partition coefficient (Wildman–Crippen LogP) is 3.40. The Morgan fingerprint density at radius 1 is 1.31 bits per heavy atom. The first-order valence-corrected chi connectivity index (χ1v) is 5.10. The molecule has 13 heavy (non-hydrogen) atoms. The van der Waals surface area contributed by atoms with E-state index < -0.39 is 0 Å². The fourth-order valence-corrected chi connectivity index (χ4v) is 1.86. The van der Waals surface area contributed by atoms with Crippen LogP contribution in [0, 0.1) is 0 Å². The first-order valence-electron chi connectivity index (χ1n) is 5.10. The van der Waals surface area contributed by atoms with Crippen molar-refractivity contribution in [2.45, 2.75) is 33.6 Å². The van der Waals surface area contributed by atoms with Gasteiger partial charge in [0.15, 0.2) is 0 Å². The minimum Gasteiger partial charge on any atom is -0.351 e. The molecule has 0 radical (unpaired) electrons. The highest BCUT2D eigenvalue weighted by Gasteiger charge is 2.11. The molecule has 0 amide bonds. The second-order valence-corrected chi connectivity index (χ2v) is 3.23. The lowest BCUT2D eigenvalue weighted by molar-refractivity contribution is 0.874. The summed E-state index contributed by atoms with van der Waals surface area (Å²) in [5.41, 5.74) is 4.36. The summed E-state index contributed by atoms with van der Waals surface area (Å²) in [4.78, 5) is 0. The van der Waals surface area contributed by atoms with Gasteiger partial charge in [-0.15, -0.1) is 0 Å². The summed E-state index contributed by atoms with van der Waals surface area (Å²) in [5.74, 6) is 0. The third kappa shape index (κ3) is 1.85. The van der Waals surface area contributed by atoms with Crippen molar-refractivity contribution in [3.63, 3.8) is 0 Å². The normalized spacial score (nSPS) is 14.0. The van der Waals surface area contributed by atoms with Gasteiger partial charge in [0.05, 0.1) is 0 Å². The molecular weight excluding hydrogens is 158 g/mol. The molecule has 0 bridgehead atoms. The van der Waals surface area contributed by atoms with Gasteiger partial charge in [0.25, 0.3) is 0 Å². The molecule has 1 aromatic rings. The number of hydrogen-bond acceptors (Lipinski definition) is 0. The van der Waals surface area contributed by atoms with Crippen molar-refractivity contribution in [2.75, 3.05) is 0 Å². The van der Waals surface area contributed by atoms with Crippen molar-refractivity contribution >= 4 is 5.57 Å². The number of rotatable bonds is 0. The molecule has 2 rings (SSSR count). The molecule has 0 saturated carbocycles. The molecule has 1 nitrogen and oxygen atoms in total. The highest BCUT2D eigenvalue weighted by molar-refractivity contribution is 5.66. The van der Waals surface area contributed by atoms with Crippen molar-refractivity contribution in [2.24, 2.45) is 7.05 Å². The average molecular weight is 177 g/mol. The molecule has 0 aromatic carbocycles. The summed E-state index contributed by atoms with van der Waals surface area (Å²) in [7, 11) is 2.11. The second-order valence-electron chi connectivity index (χ2n) is 3.23. The molecule has 1 heterocycles. The minimum atomic E-state index is 1.21. The summed E-state index contributed by atoms with van der Waals surface area (Å²) in [6.45, 7) is 6.19. The smallest absolute Gasteiger partial charge is 0.0463 e. The van der Waals surface area contributed by atoms with Gasteiger partial charge in [-0.1, -0.05) is 19.9 Å². The molecule has 0 aliphatic heterocycles. The van der Waals surface area contributed by atoms with Gasteiger partial charge in [-0.3, -0.25) is 0 Å². The maximum absolute atomic E-state index is 2.32. The van der Waals surface area contributed by atoms with Crippen molar-refractivity contribution in [1.29, 1.82) is 0 Å². The van der Waals surface area contributed by atoms with E-state index in [1.807, 2.05) is 13.8 Å². The Bertz CT molecular complexity index is 305. The van der Waals surface area contributed by atoms with E-state index >= 15 is 0 Å². The number of hydrogen-bond donors (Lipinski definition) is 0. The van der Waals surface area contributed by atoms with Crippen molar-refractivity contribution in [3.05, 3.63) is 29.6 Å². The molecule has 0 unspecified atom stereocenters.